The van der Waals surface area contributed by atoms with Crippen LogP contribution >= 0.6 is 0 Å². The van der Waals surface area contributed by atoms with Gasteiger partial charge >= 0.3 is 0 Å². The van der Waals surface area contributed by atoms with Crippen molar-refractivity contribution in [2.24, 2.45) is 7.05 Å². The molecule has 0 spiro atoms. The molecule has 2 aromatic carbocycles. The number of nitrogens with zero attached hydrogens (tertiary/aromatic N) is 2. The van der Waals surface area contributed by atoms with Crippen molar-refractivity contribution in [3.63, 3.8) is 0 Å². The Balaban J connectivity index is 1.82. The molecule has 0 aliphatic heterocycles. The van der Waals surface area contributed by atoms with Crippen molar-refractivity contribution in [1.29, 1.82) is 0 Å². The first kappa shape index (κ1) is 15.6. The zero-order valence-corrected chi connectivity index (χ0v) is 15.0. The maximum atomic E-state index is 2.37. The number of fused-ring (bicyclic) bond motifs is 2. The van der Waals surface area contributed by atoms with Gasteiger partial charge in [-0.05, 0) is 38.1 Å². The minimum absolute atomic E-state index is 0.954. The molecular formula is C23H23N2+. The highest BCUT2D eigenvalue weighted by molar-refractivity contribution is 5.91. The molecule has 0 saturated carbocycles. The summed E-state index contributed by atoms with van der Waals surface area (Å²) < 4.78 is 4.56. The van der Waals surface area contributed by atoms with Gasteiger partial charge in [0.05, 0.1) is 0 Å². The number of pyridine rings is 1. The van der Waals surface area contributed by atoms with E-state index in [0.29, 0.717) is 0 Å². The summed E-state index contributed by atoms with van der Waals surface area (Å²) >= 11 is 0. The third kappa shape index (κ3) is 2.74. The van der Waals surface area contributed by atoms with Gasteiger partial charge in [0.25, 0.3) is 0 Å². The van der Waals surface area contributed by atoms with Crippen LogP contribution in [0.25, 0.3) is 34.0 Å². The zero-order valence-electron chi connectivity index (χ0n) is 15.0. The minimum atomic E-state index is 0.954. The van der Waals surface area contributed by atoms with E-state index < -0.39 is 0 Å². The summed E-state index contributed by atoms with van der Waals surface area (Å²) in [5.74, 6) is 0. The molecule has 2 aromatic heterocycles. The largest absolute Gasteiger partial charge is 0.350 e. The number of aryl methyl sites for hydroxylation is 3. The van der Waals surface area contributed by atoms with E-state index >= 15 is 0 Å². The predicted octanol–water partition coefficient (Wildman–Crippen LogP) is 5.12. The molecule has 0 bridgehead atoms. The summed E-state index contributed by atoms with van der Waals surface area (Å²) in [6.07, 6.45) is 6.65. The molecule has 4 aromatic rings. The molecule has 0 aliphatic carbocycles. The van der Waals surface area contributed by atoms with Crippen molar-refractivity contribution in [3.8, 4) is 0 Å². The normalized spacial score (nSPS) is 11.8. The molecule has 0 radical (unpaired) electrons. The fourth-order valence-electron chi connectivity index (χ4n) is 3.64. The molecule has 4 rings (SSSR count). The van der Waals surface area contributed by atoms with Gasteiger partial charge in [0.1, 0.15) is 6.54 Å². The summed E-state index contributed by atoms with van der Waals surface area (Å²) in [6.45, 7) is 5.30. The van der Waals surface area contributed by atoms with Gasteiger partial charge in [-0.2, -0.15) is 4.57 Å². The van der Waals surface area contributed by atoms with Crippen LogP contribution in [0, 0.1) is 6.92 Å². The highest BCUT2D eigenvalue weighted by atomic mass is 15.0. The Morgan fingerprint density at radius 2 is 1.84 bits per heavy atom. The maximum Gasteiger partial charge on any atom is 0.212 e. The summed E-state index contributed by atoms with van der Waals surface area (Å²) in [5, 5.41) is 2.59. The third-order valence-corrected chi connectivity index (χ3v) is 4.90. The van der Waals surface area contributed by atoms with Crippen LogP contribution in [0.5, 0.6) is 0 Å². The van der Waals surface area contributed by atoms with Crippen LogP contribution in [0.2, 0.25) is 0 Å². The minimum Gasteiger partial charge on any atom is -0.350 e. The number of hydrogen-bond donors (Lipinski definition) is 0. The summed E-state index contributed by atoms with van der Waals surface area (Å²) in [7, 11) is 2.10. The standard InChI is InChI=1S/C23H23N2/c1-4-25-20(12-10-18-15-17(2)9-14-22(18)25)13-11-19-16-24(3)23-8-6-5-7-21(19)23/h5-16H,4H2,1-3H3/q+1. The molecule has 2 nitrogen and oxygen atoms in total. The fraction of sp³-hybridized carbons (Fsp3) is 0.174. The molecule has 0 N–H and O–H groups in total. The van der Waals surface area contributed by atoms with Crippen molar-refractivity contribution < 1.29 is 4.57 Å². The Bertz CT molecular complexity index is 1100. The number of hydrogen-bond acceptors (Lipinski definition) is 0. The van der Waals surface area contributed by atoms with E-state index in [9.17, 15) is 0 Å². The first-order valence-electron chi connectivity index (χ1n) is 8.82. The predicted molar refractivity (Wildman–Crippen MR) is 106 cm³/mol. The smallest absolute Gasteiger partial charge is 0.212 e. The molecule has 0 amide bonds. The van der Waals surface area contributed by atoms with E-state index in [1.54, 1.807) is 0 Å². The van der Waals surface area contributed by atoms with Crippen LogP contribution in [0.4, 0.5) is 0 Å². The van der Waals surface area contributed by atoms with Crippen LogP contribution in [-0.4, -0.2) is 4.57 Å². The maximum absolute atomic E-state index is 2.37. The molecular weight excluding hydrogens is 304 g/mol. The highest BCUT2D eigenvalue weighted by Crippen LogP contribution is 2.22. The lowest BCUT2D eigenvalue weighted by atomic mass is 10.1. The third-order valence-electron chi connectivity index (χ3n) is 4.90. The Hall–Kier alpha value is -2.87. The van der Waals surface area contributed by atoms with E-state index in [1.165, 1.54) is 38.6 Å². The molecule has 0 unspecified atom stereocenters. The Kier molecular flexibility index (Phi) is 3.89. The van der Waals surface area contributed by atoms with Crippen LogP contribution in [0.1, 0.15) is 23.7 Å². The lowest BCUT2D eigenvalue weighted by molar-refractivity contribution is -0.669. The highest BCUT2D eigenvalue weighted by Gasteiger charge is 2.12. The average Bonchev–Trinajstić information content (AvgIpc) is 2.95. The van der Waals surface area contributed by atoms with Crippen LogP contribution in [0.15, 0.2) is 60.8 Å². The van der Waals surface area contributed by atoms with E-state index in [4.69, 9.17) is 0 Å². The van der Waals surface area contributed by atoms with Gasteiger partial charge in [0.2, 0.25) is 11.2 Å². The molecule has 0 atom stereocenters. The molecule has 0 saturated heterocycles. The van der Waals surface area contributed by atoms with Gasteiger partial charge in [0.15, 0.2) is 0 Å². The van der Waals surface area contributed by atoms with Crippen molar-refractivity contribution in [1.82, 2.24) is 4.57 Å². The van der Waals surface area contributed by atoms with Crippen LogP contribution < -0.4 is 4.57 Å². The Morgan fingerprint density at radius 1 is 1.00 bits per heavy atom. The van der Waals surface area contributed by atoms with Crippen molar-refractivity contribution in [3.05, 3.63) is 77.6 Å². The molecule has 2 heterocycles. The van der Waals surface area contributed by atoms with Crippen LogP contribution in [0.3, 0.4) is 0 Å². The number of aromatic nitrogens is 2. The first-order chi connectivity index (χ1) is 12.2. The second-order valence-electron chi connectivity index (χ2n) is 6.61. The number of rotatable bonds is 3. The number of benzene rings is 2. The van der Waals surface area contributed by atoms with Gasteiger partial charge < -0.3 is 4.57 Å². The lowest BCUT2D eigenvalue weighted by Gasteiger charge is -2.03. The molecule has 124 valence electrons. The topological polar surface area (TPSA) is 8.81 Å². The van der Waals surface area contributed by atoms with E-state index in [-0.39, 0.29) is 0 Å². The van der Waals surface area contributed by atoms with Crippen molar-refractivity contribution in [2.45, 2.75) is 20.4 Å². The molecule has 25 heavy (non-hydrogen) atoms. The van der Waals surface area contributed by atoms with E-state index in [2.05, 4.69) is 103 Å². The summed E-state index contributed by atoms with van der Waals surface area (Å²) in [6, 6.07) is 19.6. The van der Waals surface area contributed by atoms with E-state index in [0.717, 1.165) is 6.54 Å². The lowest BCUT2D eigenvalue weighted by Crippen LogP contribution is -2.36. The monoisotopic (exact) mass is 327 g/mol. The Morgan fingerprint density at radius 3 is 2.68 bits per heavy atom. The van der Waals surface area contributed by atoms with Crippen molar-refractivity contribution >= 4 is 34.0 Å². The van der Waals surface area contributed by atoms with Gasteiger partial charge in [-0.25, -0.2) is 0 Å². The average molecular weight is 327 g/mol. The van der Waals surface area contributed by atoms with Crippen molar-refractivity contribution in [2.75, 3.05) is 0 Å². The summed E-state index contributed by atoms with van der Waals surface area (Å²) in [5.41, 5.74) is 6.33. The van der Waals surface area contributed by atoms with Crippen LogP contribution in [-0.2, 0) is 13.6 Å². The molecule has 2 heteroatoms. The second kappa shape index (κ2) is 6.21. The SMILES string of the molecule is CC[n+]1c(C=Cc2cn(C)c3ccccc23)ccc2cc(C)ccc21. The van der Waals surface area contributed by atoms with Gasteiger partial charge in [-0.3, -0.25) is 0 Å². The van der Waals surface area contributed by atoms with Gasteiger partial charge in [-0.15, -0.1) is 0 Å². The first-order valence-corrected chi connectivity index (χ1v) is 8.82. The summed E-state index contributed by atoms with van der Waals surface area (Å²) in [4.78, 5) is 0. The number of para-hydroxylation sites is 1. The quantitative estimate of drug-likeness (QED) is 0.462. The molecule has 0 aliphatic rings. The van der Waals surface area contributed by atoms with Gasteiger partial charge in [-0.1, -0.05) is 29.8 Å². The molecule has 0 fully saturated rings. The fourth-order valence-corrected chi connectivity index (χ4v) is 3.64. The second-order valence-corrected chi connectivity index (χ2v) is 6.61. The Labute approximate surface area is 148 Å². The van der Waals surface area contributed by atoms with E-state index in [1.807, 2.05) is 0 Å². The zero-order chi connectivity index (χ0) is 17.4. The van der Waals surface area contributed by atoms with Gasteiger partial charge in [0, 0.05) is 53.3 Å².